The number of ketones is 1. The number of nitrogens with zero attached hydrogens (tertiary/aromatic N) is 1. The molecule has 2 aliphatic rings. The number of fused-ring (bicyclic) bond motifs is 2. The summed E-state index contributed by atoms with van der Waals surface area (Å²) in [5.74, 6) is 1.23. The first-order valence-electron chi connectivity index (χ1n) is 4.49. The molecule has 2 nitrogen and oxygen atoms in total. The highest BCUT2D eigenvalue weighted by molar-refractivity contribution is 5.77. The minimum absolute atomic E-state index is 0.317. The molecular weight excluding hydrogens is 138 g/mol. The molecule has 2 bridgehead atoms. The maximum Gasteiger partial charge on any atom is 0.143 e. The molecule has 0 spiro atoms. The standard InChI is InChI=1S/C9H15NO/c1-7(11)5-10-6-8-2-3-9(10)4-8/h8-9H,2-6H2,1H3. The molecule has 1 saturated heterocycles. The van der Waals surface area contributed by atoms with Crippen LogP contribution in [-0.2, 0) is 4.79 Å². The number of likely N-dealkylation sites (tertiary alicyclic amines) is 1. The Morgan fingerprint density at radius 1 is 1.55 bits per heavy atom. The van der Waals surface area contributed by atoms with Crippen molar-refractivity contribution in [1.29, 1.82) is 0 Å². The maximum atomic E-state index is 10.8. The van der Waals surface area contributed by atoms with Gasteiger partial charge in [0.15, 0.2) is 0 Å². The lowest BCUT2D eigenvalue weighted by Crippen LogP contribution is -2.35. The normalized spacial score (nSPS) is 36.5. The summed E-state index contributed by atoms with van der Waals surface area (Å²) in [5.41, 5.74) is 0. The van der Waals surface area contributed by atoms with Crippen LogP contribution in [0, 0.1) is 5.92 Å². The Morgan fingerprint density at radius 2 is 2.36 bits per heavy atom. The van der Waals surface area contributed by atoms with E-state index in [2.05, 4.69) is 4.90 Å². The first-order chi connectivity index (χ1) is 5.25. The van der Waals surface area contributed by atoms with Gasteiger partial charge in [0, 0.05) is 12.6 Å². The summed E-state index contributed by atoms with van der Waals surface area (Å²) >= 11 is 0. The molecule has 2 unspecified atom stereocenters. The molecule has 0 N–H and O–H groups in total. The van der Waals surface area contributed by atoms with E-state index in [1.165, 1.54) is 25.8 Å². The third kappa shape index (κ3) is 1.32. The van der Waals surface area contributed by atoms with Crippen molar-refractivity contribution >= 4 is 5.78 Å². The van der Waals surface area contributed by atoms with Crippen LogP contribution in [0.2, 0.25) is 0 Å². The van der Waals surface area contributed by atoms with Gasteiger partial charge in [0.1, 0.15) is 5.78 Å². The molecule has 0 amide bonds. The molecule has 1 aliphatic carbocycles. The van der Waals surface area contributed by atoms with Crippen LogP contribution in [-0.4, -0.2) is 29.8 Å². The van der Waals surface area contributed by atoms with Gasteiger partial charge in [-0.3, -0.25) is 9.69 Å². The quantitative estimate of drug-likeness (QED) is 0.591. The van der Waals surface area contributed by atoms with Crippen molar-refractivity contribution < 1.29 is 4.79 Å². The summed E-state index contributed by atoms with van der Waals surface area (Å²) in [6, 6.07) is 0.754. The third-order valence-corrected chi connectivity index (χ3v) is 2.95. The molecule has 62 valence electrons. The molecule has 11 heavy (non-hydrogen) atoms. The summed E-state index contributed by atoms with van der Waals surface area (Å²) in [7, 11) is 0. The summed E-state index contributed by atoms with van der Waals surface area (Å²) in [4.78, 5) is 13.2. The van der Waals surface area contributed by atoms with E-state index in [1.54, 1.807) is 6.92 Å². The predicted octanol–water partition coefficient (Wildman–Crippen LogP) is 1.06. The van der Waals surface area contributed by atoms with Crippen LogP contribution in [0.5, 0.6) is 0 Å². The average Bonchev–Trinajstić information content (AvgIpc) is 2.45. The zero-order valence-electron chi connectivity index (χ0n) is 7.05. The molecule has 2 fully saturated rings. The van der Waals surface area contributed by atoms with Gasteiger partial charge in [0.2, 0.25) is 0 Å². The summed E-state index contributed by atoms with van der Waals surface area (Å²) in [6.45, 7) is 3.57. The zero-order valence-corrected chi connectivity index (χ0v) is 7.05. The molecule has 2 heteroatoms. The van der Waals surface area contributed by atoms with Crippen molar-refractivity contribution in [3.8, 4) is 0 Å². The molecule has 1 aliphatic heterocycles. The van der Waals surface area contributed by atoms with Crippen LogP contribution in [0.25, 0.3) is 0 Å². The van der Waals surface area contributed by atoms with Crippen molar-refractivity contribution in [2.45, 2.75) is 32.2 Å². The van der Waals surface area contributed by atoms with E-state index in [0.29, 0.717) is 12.3 Å². The number of carbonyl (C=O) groups excluding carboxylic acids is 1. The van der Waals surface area contributed by atoms with E-state index in [4.69, 9.17) is 0 Å². The Hall–Kier alpha value is -0.370. The fourth-order valence-electron chi connectivity index (χ4n) is 2.51. The lowest BCUT2D eigenvalue weighted by Gasteiger charge is -2.25. The first-order valence-corrected chi connectivity index (χ1v) is 4.49. The SMILES string of the molecule is CC(=O)CN1CC2CCC1C2. The van der Waals surface area contributed by atoms with E-state index >= 15 is 0 Å². The highest BCUT2D eigenvalue weighted by Gasteiger charge is 2.37. The number of piperidine rings is 1. The van der Waals surface area contributed by atoms with Crippen LogP contribution in [0.4, 0.5) is 0 Å². The van der Waals surface area contributed by atoms with Gasteiger partial charge < -0.3 is 0 Å². The molecule has 2 atom stereocenters. The average molecular weight is 153 g/mol. The van der Waals surface area contributed by atoms with Crippen molar-refractivity contribution in [2.24, 2.45) is 5.92 Å². The molecular formula is C9H15NO. The zero-order chi connectivity index (χ0) is 7.84. The van der Waals surface area contributed by atoms with Gasteiger partial charge in [-0.05, 0) is 32.1 Å². The van der Waals surface area contributed by atoms with E-state index in [1.807, 2.05) is 0 Å². The van der Waals surface area contributed by atoms with Crippen molar-refractivity contribution in [1.82, 2.24) is 4.90 Å². The predicted molar refractivity (Wildman–Crippen MR) is 43.4 cm³/mol. The van der Waals surface area contributed by atoms with Gasteiger partial charge in [-0.1, -0.05) is 0 Å². The largest absolute Gasteiger partial charge is 0.299 e. The lowest BCUT2D eigenvalue weighted by molar-refractivity contribution is -0.118. The maximum absolute atomic E-state index is 10.8. The molecule has 1 heterocycles. The Labute approximate surface area is 67.6 Å². The topological polar surface area (TPSA) is 20.3 Å². The Bertz CT molecular complexity index is 178. The van der Waals surface area contributed by atoms with Crippen LogP contribution in [0.1, 0.15) is 26.2 Å². The number of Topliss-reactive ketones (excluding diaryl/α,β-unsaturated/α-hetero) is 1. The van der Waals surface area contributed by atoms with Crippen LogP contribution < -0.4 is 0 Å². The summed E-state index contributed by atoms with van der Waals surface area (Å²) < 4.78 is 0. The Kier molecular flexibility index (Phi) is 1.72. The van der Waals surface area contributed by atoms with Crippen LogP contribution in [0.3, 0.4) is 0 Å². The molecule has 0 aromatic rings. The second-order valence-corrected chi connectivity index (χ2v) is 3.96. The van der Waals surface area contributed by atoms with Gasteiger partial charge >= 0.3 is 0 Å². The summed E-state index contributed by atoms with van der Waals surface area (Å²) in [6.07, 6.45) is 4.09. The minimum atomic E-state index is 0.317. The molecule has 1 saturated carbocycles. The van der Waals surface area contributed by atoms with Crippen molar-refractivity contribution in [3.05, 3.63) is 0 Å². The fourth-order valence-corrected chi connectivity index (χ4v) is 2.51. The summed E-state index contributed by atoms with van der Waals surface area (Å²) in [5, 5.41) is 0. The Balaban J connectivity index is 1.92. The molecule has 0 radical (unpaired) electrons. The van der Waals surface area contributed by atoms with E-state index in [-0.39, 0.29) is 0 Å². The van der Waals surface area contributed by atoms with E-state index in [0.717, 1.165) is 12.0 Å². The molecule has 0 aromatic heterocycles. The van der Waals surface area contributed by atoms with E-state index < -0.39 is 0 Å². The molecule has 0 aromatic carbocycles. The lowest BCUT2D eigenvalue weighted by atomic mass is 10.1. The minimum Gasteiger partial charge on any atom is -0.299 e. The van der Waals surface area contributed by atoms with Crippen molar-refractivity contribution in [2.75, 3.05) is 13.1 Å². The second kappa shape index (κ2) is 2.59. The van der Waals surface area contributed by atoms with Gasteiger partial charge in [-0.25, -0.2) is 0 Å². The fraction of sp³-hybridized carbons (Fsp3) is 0.889. The van der Waals surface area contributed by atoms with E-state index in [9.17, 15) is 4.79 Å². The number of hydrogen-bond donors (Lipinski definition) is 0. The van der Waals surface area contributed by atoms with Gasteiger partial charge in [0.05, 0.1) is 6.54 Å². The monoisotopic (exact) mass is 153 g/mol. The number of carbonyl (C=O) groups is 1. The smallest absolute Gasteiger partial charge is 0.143 e. The van der Waals surface area contributed by atoms with Gasteiger partial charge in [0.25, 0.3) is 0 Å². The van der Waals surface area contributed by atoms with Gasteiger partial charge in [-0.15, -0.1) is 0 Å². The van der Waals surface area contributed by atoms with Crippen LogP contribution in [0.15, 0.2) is 0 Å². The highest BCUT2D eigenvalue weighted by Crippen LogP contribution is 2.36. The second-order valence-electron chi connectivity index (χ2n) is 3.96. The van der Waals surface area contributed by atoms with Crippen molar-refractivity contribution in [3.63, 3.8) is 0 Å². The molecule has 2 rings (SSSR count). The number of rotatable bonds is 2. The third-order valence-electron chi connectivity index (χ3n) is 2.95. The first kappa shape index (κ1) is 7.29. The van der Waals surface area contributed by atoms with Gasteiger partial charge in [-0.2, -0.15) is 0 Å². The highest BCUT2D eigenvalue weighted by atomic mass is 16.1. The number of hydrogen-bond acceptors (Lipinski definition) is 2. The van der Waals surface area contributed by atoms with Crippen LogP contribution >= 0.6 is 0 Å². The Morgan fingerprint density at radius 3 is 2.82 bits per heavy atom.